The number of hydrogen-bond donors (Lipinski definition) is 1. The first-order chi connectivity index (χ1) is 14.7. The van der Waals surface area contributed by atoms with Crippen molar-refractivity contribution in [1.82, 2.24) is 14.8 Å². The number of halogens is 1. The molecule has 0 bridgehead atoms. The Bertz CT molecular complexity index is 910. The highest BCUT2D eigenvalue weighted by Gasteiger charge is 2.08. The number of methoxy groups -OCH3 is 1. The van der Waals surface area contributed by atoms with Crippen molar-refractivity contribution in [2.45, 2.75) is 45.2 Å². The third-order valence-corrected chi connectivity index (χ3v) is 4.32. The van der Waals surface area contributed by atoms with Crippen LogP contribution in [-0.2, 0) is 14.8 Å². The van der Waals surface area contributed by atoms with E-state index in [0.717, 1.165) is 5.57 Å². The average molecular weight is 457 g/mol. The smallest absolute Gasteiger partial charge is 0.335 e. The SMILES string of the molecule is CC.CC1=CC=CC(F)C1.CCOc1ncn(-c2ccc(S(N)(=O)=O)cc2)n1.COC. The fourth-order valence-corrected chi connectivity index (χ4v) is 2.66. The molecule has 1 aliphatic carbocycles. The van der Waals surface area contributed by atoms with Gasteiger partial charge in [0.1, 0.15) is 12.5 Å². The van der Waals surface area contributed by atoms with E-state index in [1.165, 1.54) is 23.1 Å². The summed E-state index contributed by atoms with van der Waals surface area (Å²) in [5.74, 6) is 0. The number of allylic oxidation sites excluding steroid dienone is 4. The maximum Gasteiger partial charge on any atom is 0.335 e. The van der Waals surface area contributed by atoms with Crippen LogP contribution in [0, 0.1) is 0 Å². The molecule has 2 N–H and O–H groups in total. The zero-order valence-corrected chi connectivity index (χ0v) is 19.8. The standard InChI is InChI=1S/C10H12N4O3S.C7H9F.C2H6O.C2H6/c1-2-17-10-12-7-14(13-10)8-3-5-9(6-4-8)18(11,15)16;1-6-3-2-4-7(8)5-6;1-3-2;1-2/h3-7H,2H2,1H3,(H2,11,15,16);2-4,7H,5H2,1H3;1-2H3;1-2H3. The van der Waals surface area contributed by atoms with Crippen LogP contribution in [0.3, 0.4) is 0 Å². The van der Waals surface area contributed by atoms with Gasteiger partial charge >= 0.3 is 6.01 Å². The lowest BCUT2D eigenvalue weighted by atomic mass is 10.1. The first kappa shape index (κ1) is 28.4. The van der Waals surface area contributed by atoms with Crippen LogP contribution in [0.2, 0.25) is 0 Å². The zero-order valence-electron chi connectivity index (χ0n) is 18.9. The molecule has 0 saturated carbocycles. The predicted molar refractivity (Wildman–Crippen MR) is 121 cm³/mol. The molecule has 0 saturated heterocycles. The molecule has 1 heterocycles. The molecule has 1 aromatic carbocycles. The summed E-state index contributed by atoms with van der Waals surface area (Å²) in [5, 5.41) is 9.07. The van der Waals surface area contributed by atoms with Gasteiger partial charge in [0, 0.05) is 20.6 Å². The Morgan fingerprint density at radius 3 is 2.23 bits per heavy atom. The fourth-order valence-electron chi connectivity index (χ4n) is 2.14. The Labute approximate surface area is 184 Å². The molecule has 0 fully saturated rings. The molecule has 174 valence electrons. The van der Waals surface area contributed by atoms with Crippen LogP contribution >= 0.6 is 0 Å². The Kier molecular flexibility index (Phi) is 14.0. The number of alkyl halides is 1. The minimum atomic E-state index is -3.68. The highest BCUT2D eigenvalue weighted by atomic mass is 32.2. The molecule has 2 aromatic rings. The highest BCUT2D eigenvalue weighted by molar-refractivity contribution is 7.89. The molecule has 0 amide bonds. The van der Waals surface area contributed by atoms with Crippen molar-refractivity contribution >= 4 is 10.0 Å². The van der Waals surface area contributed by atoms with Gasteiger partial charge in [0.05, 0.1) is 17.2 Å². The molecule has 1 atom stereocenters. The van der Waals surface area contributed by atoms with E-state index in [9.17, 15) is 12.8 Å². The van der Waals surface area contributed by atoms with Crippen molar-refractivity contribution in [3.05, 3.63) is 54.4 Å². The summed E-state index contributed by atoms with van der Waals surface area (Å²) in [6.45, 7) is 8.26. The van der Waals surface area contributed by atoms with Crippen molar-refractivity contribution in [3.8, 4) is 11.7 Å². The van der Waals surface area contributed by atoms with Crippen LogP contribution in [0.5, 0.6) is 6.01 Å². The third kappa shape index (κ3) is 11.4. The van der Waals surface area contributed by atoms with Gasteiger partial charge in [-0.25, -0.2) is 22.6 Å². The number of sulfonamides is 1. The number of aromatic nitrogens is 3. The molecule has 0 spiro atoms. The molecule has 1 aromatic heterocycles. The number of benzene rings is 1. The quantitative estimate of drug-likeness (QED) is 0.749. The van der Waals surface area contributed by atoms with Crippen molar-refractivity contribution < 1.29 is 22.3 Å². The number of ether oxygens (including phenoxy) is 2. The summed E-state index contributed by atoms with van der Waals surface area (Å²) >= 11 is 0. The summed E-state index contributed by atoms with van der Waals surface area (Å²) in [6.07, 6.45) is 6.61. The molecule has 10 heteroatoms. The van der Waals surface area contributed by atoms with Gasteiger partial charge in [0.15, 0.2) is 0 Å². The van der Waals surface area contributed by atoms with Gasteiger partial charge in [-0.1, -0.05) is 37.6 Å². The lowest BCUT2D eigenvalue weighted by Crippen LogP contribution is -2.12. The number of nitrogens with two attached hydrogens (primary N) is 1. The Morgan fingerprint density at radius 2 is 1.81 bits per heavy atom. The second-order valence-electron chi connectivity index (χ2n) is 5.97. The molecule has 0 radical (unpaired) electrons. The normalized spacial score (nSPS) is 14.6. The van der Waals surface area contributed by atoms with E-state index in [2.05, 4.69) is 14.8 Å². The molecule has 3 rings (SSSR count). The zero-order chi connectivity index (χ0) is 23.9. The van der Waals surface area contributed by atoms with Gasteiger partial charge in [-0.05, 0) is 38.1 Å². The van der Waals surface area contributed by atoms with E-state index in [1.807, 2.05) is 33.8 Å². The maximum absolute atomic E-state index is 12.3. The topological polar surface area (TPSA) is 109 Å². The Hall–Kier alpha value is -2.56. The van der Waals surface area contributed by atoms with E-state index >= 15 is 0 Å². The lowest BCUT2D eigenvalue weighted by molar-refractivity contribution is 0.277. The van der Waals surface area contributed by atoms with Gasteiger partial charge in [-0.2, -0.15) is 4.98 Å². The number of hydrogen-bond acceptors (Lipinski definition) is 6. The van der Waals surface area contributed by atoms with Crippen molar-refractivity contribution in [2.24, 2.45) is 5.14 Å². The first-order valence-electron chi connectivity index (χ1n) is 9.77. The molecule has 0 aliphatic heterocycles. The number of primary sulfonamides is 1. The summed E-state index contributed by atoms with van der Waals surface area (Å²) in [7, 11) is -0.425. The largest absolute Gasteiger partial charge is 0.463 e. The minimum Gasteiger partial charge on any atom is -0.463 e. The van der Waals surface area contributed by atoms with Crippen LogP contribution in [0.25, 0.3) is 5.69 Å². The lowest BCUT2D eigenvalue weighted by Gasteiger charge is -2.05. The second-order valence-corrected chi connectivity index (χ2v) is 7.53. The minimum absolute atomic E-state index is 0.0522. The summed E-state index contributed by atoms with van der Waals surface area (Å²) in [5.41, 5.74) is 1.79. The third-order valence-electron chi connectivity index (χ3n) is 3.39. The van der Waals surface area contributed by atoms with Crippen molar-refractivity contribution in [3.63, 3.8) is 0 Å². The monoisotopic (exact) mass is 456 g/mol. The highest BCUT2D eigenvalue weighted by Crippen LogP contribution is 2.14. The summed E-state index contributed by atoms with van der Waals surface area (Å²) < 4.78 is 45.4. The van der Waals surface area contributed by atoms with E-state index < -0.39 is 16.2 Å². The van der Waals surface area contributed by atoms with Crippen LogP contribution in [0.1, 0.15) is 34.1 Å². The van der Waals surface area contributed by atoms with Crippen LogP contribution in [0.15, 0.2) is 59.3 Å². The second kappa shape index (κ2) is 15.3. The van der Waals surface area contributed by atoms with Crippen LogP contribution in [0.4, 0.5) is 4.39 Å². The number of rotatable bonds is 4. The van der Waals surface area contributed by atoms with E-state index in [4.69, 9.17) is 9.88 Å². The van der Waals surface area contributed by atoms with Crippen molar-refractivity contribution in [1.29, 1.82) is 0 Å². The van der Waals surface area contributed by atoms with E-state index in [-0.39, 0.29) is 10.9 Å². The first-order valence-corrected chi connectivity index (χ1v) is 11.3. The van der Waals surface area contributed by atoms with Crippen molar-refractivity contribution in [2.75, 3.05) is 20.8 Å². The average Bonchev–Trinajstić information content (AvgIpc) is 3.19. The van der Waals surface area contributed by atoms with Gasteiger partial charge in [0.2, 0.25) is 10.0 Å². The maximum atomic E-state index is 12.3. The molecule has 31 heavy (non-hydrogen) atoms. The molecular formula is C21H33FN4O4S. The molecular weight excluding hydrogens is 423 g/mol. The van der Waals surface area contributed by atoms with Crippen LogP contribution < -0.4 is 9.88 Å². The Balaban J connectivity index is 0.000000575. The van der Waals surface area contributed by atoms with Gasteiger partial charge < -0.3 is 9.47 Å². The number of nitrogens with zero attached hydrogens (tertiary/aromatic N) is 3. The van der Waals surface area contributed by atoms with Gasteiger partial charge in [-0.15, -0.1) is 5.10 Å². The van der Waals surface area contributed by atoms with E-state index in [1.54, 1.807) is 38.5 Å². The van der Waals surface area contributed by atoms with Crippen LogP contribution in [-0.4, -0.2) is 50.2 Å². The van der Waals surface area contributed by atoms with Gasteiger partial charge in [-0.3, -0.25) is 0 Å². The van der Waals surface area contributed by atoms with Gasteiger partial charge in [0.25, 0.3) is 0 Å². The Morgan fingerprint density at radius 1 is 1.23 bits per heavy atom. The fraction of sp³-hybridized carbons (Fsp3) is 0.429. The molecule has 1 aliphatic rings. The molecule has 8 nitrogen and oxygen atoms in total. The molecule has 1 unspecified atom stereocenters. The predicted octanol–water partition coefficient (Wildman–Crippen LogP) is 3.83. The summed E-state index contributed by atoms with van der Waals surface area (Å²) in [6, 6.07) is 6.27. The van der Waals surface area contributed by atoms with E-state index in [0.29, 0.717) is 18.7 Å². The summed E-state index contributed by atoms with van der Waals surface area (Å²) in [4.78, 5) is 3.99.